The Labute approximate surface area is 114 Å². The Morgan fingerprint density at radius 1 is 1.65 bits per heavy atom. The van der Waals surface area contributed by atoms with Crippen molar-refractivity contribution >= 4 is 5.82 Å². The van der Waals surface area contributed by atoms with Crippen molar-refractivity contribution in [2.45, 2.75) is 38.0 Å². The zero-order valence-corrected chi connectivity index (χ0v) is 11.2. The van der Waals surface area contributed by atoms with E-state index in [-0.39, 0.29) is 11.7 Å². The van der Waals surface area contributed by atoms with E-state index in [0.29, 0.717) is 0 Å². The van der Waals surface area contributed by atoms with Gasteiger partial charge < -0.3 is 20.7 Å². The summed E-state index contributed by atoms with van der Waals surface area (Å²) in [7, 11) is 0. The second-order valence-electron chi connectivity index (χ2n) is 5.21. The lowest BCUT2D eigenvalue weighted by Crippen LogP contribution is -2.49. The van der Waals surface area contributed by atoms with Crippen LogP contribution in [0.2, 0.25) is 0 Å². The molecule has 20 heavy (non-hydrogen) atoms. The molecule has 112 valence electrons. The van der Waals surface area contributed by atoms with Crippen molar-refractivity contribution in [2.75, 3.05) is 12.3 Å². The van der Waals surface area contributed by atoms with Crippen molar-refractivity contribution in [3.05, 3.63) is 22.7 Å². The van der Waals surface area contributed by atoms with Crippen molar-refractivity contribution in [1.29, 1.82) is 0 Å². The van der Waals surface area contributed by atoms with Gasteiger partial charge >= 0.3 is 5.69 Å². The van der Waals surface area contributed by atoms with Gasteiger partial charge in [0.05, 0.1) is 6.61 Å². The first-order valence-corrected chi connectivity index (χ1v) is 6.29. The summed E-state index contributed by atoms with van der Waals surface area (Å²) in [5.74, 6) is -0.333. The molecule has 0 saturated carbocycles. The van der Waals surface area contributed by atoms with Gasteiger partial charge in [-0.2, -0.15) is 4.98 Å². The molecule has 1 fully saturated rings. The van der Waals surface area contributed by atoms with Crippen LogP contribution in [0.25, 0.3) is 0 Å². The van der Waals surface area contributed by atoms with E-state index in [1.54, 1.807) is 13.8 Å². The third-order valence-corrected chi connectivity index (χ3v) is 3.76. The molecule has 0 bridgehead atoms. The molecule has 2 heterocycles. The molecule has 0 amide bonds. The molecule has 4 atom stereocenters. The van der Waals surface area contributed by atoms with Crippen LogP contribution in [0.4, 0.5) is 10.2 Å². The summed E-state index contributed by atoms with van der Waals surface area (Å²) in [5, 5.41) is 19.5. The Balaban J connectivity index is 2.42. The van der Waals surface area contributed by atoms with E-state index in [9.17, 15) is 19.4 Å². The summed E-state index contributed by atoms with van der Waals surface area (Å²) < 4.78 is 20.7. The van der Waals surface area contributed by atoms with Crippen LogP contribution in [-0.4, -0.2) is 44.2 Å². The molecule has 7 nitrogen and oxygen atoms in total. The van der Waals surface area contributed by atoms with E-state index in [1.807, 2.05) is 0 Å². The quantitative estimate of drug-likeness (QED) is 0.687. The Morgan fingerprint density at radius 3 is 2.75 bits per heavy atom. The maximum Gasteiger partial charge on any atom is 0.351 e. The van der Waals surface area contributed by atoms with E-state index >= 15 is 0 Å². The normalized spacial score (nSPS) is 33.8. The fraction of sp³-hybridized carbons (Fsp3) is 0.667. The predicted octanol–water partition coefficient (Wildman–Crippen LogP) is -0.560. The SMILES string of the molecule is CC(C)C1(CO)OC(n2ccc(N)nc2=O)C(F)C1O. The smallest absolute Gasteiger partial charge is 0.351 e. The van der Waals surface area contributed by atoms with Crippen LogP contribution in [0.1, 0.15) is 20.1 Å². The van der Waals surface area contributed by atoms with Gasteiger partial charge in [0.15, 0.2) is 12.4 Å². The van der Waals surface area contributed by atoms with Gasteiger partial charge in [0, 0.05) is 6.20 Å². The monoisotopic (exact) mass is 287 g/mol. The molecule has 1 aliphatic heterocycles. The highest BCUT2D eigenvalue weighted by Crippen LogP contribution is 2.42. The number of hydrogen-bond donors (Lipinski definition) is 3. The number of rotatable bonds is 3. The summed E-state index contributed by atoms with van der Waals surface area (Å²) in [4.78, 5) is 15.2. The van der Waals surface area contributed by atoms with Crippen LogP contribution in [0, 0.1) is 5.92 Å². The summed E-state index contributed by atoms with van der Waals surface area (Å²) in [6, 6.07) is 1.33. The first-order valence-electron chi connectivity index (χ1n) is 6.29. The Kier molecular flexibility index (Phi) is 3.81. The van der Waals surface area contributed by atoms with E-state index in [0.717, 1.165) is 4.57 Å². The van der Waals surface area contributed by atoms with Crippen LogP contribution in [-0.2, 0) is 4.74 Å². The van der Waals surface area contributed by atoms with Crippen molar-refractivity contribution in [2.24, 2.45) is 5.92 Å². The van der Waals surface area contributed by atoms with Gasteiger partial charge in [-0.1, -0.05) is 13.8 Å². The zero-order valence-electron chi connectivity index (χ0n) is 11.2. The van der Waals surface area contributed by atoms with Crippen LogP contribution in [0.5, 0.6) is 0 Å². The number of aliphatic hydroxyl groups is 2. The second-order valence-corrected chi connectivity index (χ2v) is 5.21. The van der Waals surface area contributed by atoms with Crippen molar-refractivity contribution in [3.8, 4) is 0 Å². The third-order valence-electron chi connectivity index (χ3n) is 3.76. The van der Waals surface area contributed by atoms with Crippen molar-refractivity contribution < 1.29 is 19.3 Å². The molecular weight excluding hydrogens is 269 g/mol. The number of ether oxygens (including phenoxy) is 1. The van der Waals surface area contributed by atoms with Gasteiger partial charge in [0.1, 0.15) is 17.5 Å². The number of hydrogen-bond acceptors (Lipinski definition) is 6. The van der Waals surface area contributed by atoms with E-state index < -0.39 is 36.4 Å². The molecular formula is C12H18FN3O4. The Bertz CT molecular complexity index is 550. The molecule has 0 aromatic carbocycles. The van der Waals surface area contributed by atoms with E-state index in [1.165, 1.54) is 12.3 Å². The van der Waals surface area contributed by atoms with Gasteiger partial charge in [-0.05, 0) is 12.0 Å². The molecule has 4 N–H and O–H groups in total. The fourth-order valence-corrected chi connectivity index (χ4v) is 2.41. The fourth-order valence-electron chi connectivity index (χ4n) is 2.41. The number of aliphatic hydroxyl groups excluding tert-OH is 2. The largest absolute Gasteiger partial charge is 0.393 e. The number of halogens is 1. The van der Waals surface area contributed by atoms with Gasteiger partial charge in [0.2, 0.25) is 0 Å². The highest BCUT2D eigenvalue weighted by atomic mass is 19.1. The molecule has 8 heteroatoms. The van der Waals surface area contributed by atoms with Crippen molar-refractivity contribution in [3.63, 3.8) is 0 Å². The maximum absolute atomic E-state index is 14.3. The predicted molar refractivity (Wildman–Crippen MR) is 68.6 cm³/mol. The van der Waals surface area contributed by atoms with Gasteiger partial charge in [-0.3, -0.25) is 4.57 Å². The van der Waals surface area contributed by atoms with E-state index in [2.05, 4.69) is 4.98 Å². The lowest BCUT2D eigenvalue weighted by atomic mass is 9.85. The molecule has 0 radical (unpaired) electrons. The Hall–Kier alpha value is -1.51. The number of anilines is 1. The Morgan fingerprint density at radius 2 is 2.30 bits per heavy atom. The minimum Gasteiger partial charge on any atom is -0.393 e. The topological polar surface area (TPSA) is 111 Å². The first kappa shape index (κ1) is 14.9. The molecule has 4 unspecified atom stereocenters. The van der Waals surface area contributed by atoms with Crippen LogP contribution in [0.3, 0.4) is 0 Å². The van der Waals surface area contributed by atoms with Gasteiger partial charge in [0.25, 0.3) is 0 Å². The number of nitrogens with two attached hydrogens (primary N) is 1. The van der Waals surface area contributed by atoms with Gasteiger partial charge in [-0.15, -0.1) is 0 Å². The molecule has 0 spiro atoms. The average Bonchev–Trinajstić information content (AvgIpc) is 2.64. The highest BCUT2D eigenvalue weighted by molar-refractivity contribution is 5.23. The standard InChI is InChI=1S/C12H18FN3O4/c1-6(2)12(5-17)9(18)8(13)10(20-12)16-4-3-7(14)15-11(16)19/h3-4,6,8-10,17-18H,5H2,1-2H3,(H2,14,15,19). The molecule has 1 aromatic heterocycles. The van der Waals surface area contributed by atoms with Crippen molar-refractivity contribution in [1.82, 2.24) is 9.55 Å². The third kappa shape index (κ3) is 2.09. The first-order chi connectivity index (χ1) is 9.33. The van der Waals surface area contributed by atoms with Gasteiger partial charge in [-0.25, -0.2) is 9.18 Å². The lowest BCUT2D eigenvalue weighted by Gasteiger charge is -2.33. The minimum atomic E-state index is -1.85. The van der Waals surface area contributed by atoms with Crippen LogP contribution < -0.4 is 11.4 Å². The average molecular weight is 287 g/mol. The molecule has 0 aliphatic carbocycles. The number of alkyl halides is 1. The second kappa shape index (κ2) is 5.12. The molecule has 1 saturated heterocycles. The van der Waals surface area contributed by atoms with Crippen LogP contribution >= 0.6 is 0 Å². The molecule has 2 rings (SSSR count). The molecule has 1 aliphatic rings. The van der Waals surface area contributed by atoms with Crippen LogP contribution in [0.15, 0.2) is 17.1 Å². The lowest BCUT2D eigenvalue weighted by molar-refractivity contribution is -0.153. The molecule has 1 aromatic rings. The highest BCUT2D eigenvalue weighted by Gasteiger charge is 2.57. The summed E-state index contributed by atoms with van der Waals surface area (Å²) in [6.45, 7) is 2.83. The summed E-state index contributed by atoms with van der Waals surface area (Å²) in [6.07, 6.45) is -3.49. The maximum atomic E-state index is 14.3. The minimum absolute atomic E-state index is 0.0116. The number of nitrogens with zero attached hydrogens (tertiary/aromatic N) is 2. The van der Waals surface area contributed by atoms with E-state index in [4.69, 9.17) is 10.5 Å². The summed E-state index contributed by atoms with van der Waals surface area (Å²) in [5.41, 5.74) is 3.14. The zero-order chi connectivity index (χ0) is 15.1. The summed E-state index contributed by atoms with van der Waals surface area (Å²) >= 11 is 0. The number of nitrogen functional groups attached to an aromatic ring is 1. The number of aromatic nitrogens is 2.